The Labute approximate surface area is 142 Å². The molecule has 128 valence electrons. The van der Waals surface area contributed by atoms with E-state index in [1.54, 1.807) is 6.07 Å². The summed E-state index contributed by atoms with van der Waals surface area (Å²) < 4.78 is 0. The van der Waals surface area contributed by atoms with Crippen molar-refractivity contribution >= 4 is 5.91 Å². The third-order valence-corrected chi connectivity index (χ3v) is 4.54. The first-order valence-electron chi connectivity index (χ1n) is 8.62. The first-order valence-corrected chi connectivity index (χ1v) is 8.62. The Bertz CT molecular complexity index is 654. The average molecular weight is 327 g/mol. The highest BCUT2D eigenvalue weighted by Crippen LogP contribution is 2.20. The van der Waals surface area contributed by atoms with E-state index in [1.807, 2.05) is 19.3 Å². The van der Waals surface area contributed by atoms with Crippen molar-refractivity contribution in [2.45, 2.75) is 32.7 Å². The Kier molecular flexibility index (Phi) is 5.59. The molecule has 0 saturated carbocycles. The van der Waals surface area contributed by atoms with Crippen LogP contribution in [0.4, 0.5) is 0 Å². The molecular formula is C18H25N5O. The summed E-state index contributed by atoms with van der Waals surface area (Å²) >= 11 is 0. The molecule has 0 radical (unpaired) electrons. The van der Waals surface area contributed by atoms with Crippen molar-refractivity contribution in [2.24, 2.45) is 5.92 Å². The van der Waals surface area contributed by atoms with E-state index in [2.05, 4.69) is 37.5 Å². The van der Waals surface area contributed by atoms with Crippen molar-refractivity contribution in [3.8, 4) is 0 Å². The normalized spacial score (nSPS) is 18.5. The zero-order valence-electron chi connectivity index (χ0n) is 14.2. The molecule has 0 spiro atoms. The van der Waals surface area contributed by atoms with Crippen molar-refractivity contribution in [3.05, 3.63) is 47.5 Å². The van der Waals surface area contributed by atoms with Gasteiger partial charge in [0.25, 0.3) is 5.91 Å². The Morgan fingerprint density at radius 2 is 2.25 bits per heavy atom. The third-order valence-electron chi connectivity index (χ3n) is 4.54. The number of H-pyrrole nitrogens is 1. The van der Waals surface area contributed by atoms with E-state index < -0.39 is 0 Å². The van der Waals surface area contributed by atoms with Crippen LogP contribution in [0.3, 0.4) is 0 Å². The van der Waals surface area contributed by atoms with Crippen LogP contribution in [0.2, 0.25) is 0 Å². The van der Waals surface area contributed by atoms with Crippen molar-refractivity contribution in [1.29, 1.82) is 0 Å². The van der Waals surface area contributed by atoms with Gasteiger partial charge in [0, 0.05) is 37.7 Å². The van der Waals surface area contributed by atoms with Gasteiger partial charge in [-0.05, 0) is 62.4 Å². The summed E-state index contributed by atoms with van der Waals surface area (Å²) in [6, 6.07) is 5.93. The second-order valence-electron chi connectivity index (χ2n) is 6.58. The molecule has 1 amide bonds. The molecule has 1 unspecified atom stereocenters. The Hall–Kier alpha value is -2.21. The largest absolute Gasteiger partial charge is 0.351 e. The Morgan fingerprint density at radius 3 is 3.00 bits per heavy atom. The molecule has 1 aliphatic rings. The molecule has 0 aromatic carbocycles. The maximum atomic E-state index is 12.0. The summed E-state index contributed by atoms with van der Waals surface area (Å²) in [4.78, 5) is 18.6. The van der Waals surface area contributed by atoms with Gasteiger partial charge in [-0.3, -0.25) is 19.8 Å². The standard InChI is InChI=1S/C18H25N5O/c1-14-11-17(22-21-14)18(24)20-9-6-15-3-2-10-23(12-15)13-16-4-7-19-8-5-16/h4-5,7-8,11,15H,2-3,6,9-10,12-13H2,1H3,(H,20,24)(H,21,22). The van der Waals surface area contributed by atoms with Gasteiger partial charge in [-0.1, -0.05) is 0 Å². The lowest BCUT2D eigenvalue weighted by Gasteiger charge is -2.32. The van der Waals surface area contributed by atoms with Crippen LogP contribution in [0.25, 0.3) is 0 Å². The number of carbonyl (C=O) groups is 1. The number of aromatic nitrogens is 3. The highest BCUT2D eigenvalue weighted by molar-refractivity contribution is 5.92. The van der Waals surface area contributed by atoms with Gasteiger partial charge in [-0.2, -0.15) is 5.10 Å². The second kappa shape index (κ2) is 8.06. The van der Waals surface area contributed by atoms with Crippen molar-refractivity contribution in [3.63, 3.8) is 0 Å². The summed E-state index contributed by atoms with van der Waals surface area (Å²) in [5.74, 6) is 0.547. The van der Waals surface area contributed by atoms with Crippen LogP contribution in [-0.4, -0.2) is 45.6 Å². The fraction of sp³-hybridized carbons (Fsp3) is 0.500. The molecule has 2 aromatic heterocycles. The van der Waals surface area contributed by atoms with Gasteiger partial charge < -0.3 is 5.32 Å². The third kappa shape index (κ3) is 4.64. The first kappa shape index (κ1) is 16.6. The van der Waals surface area contributed by atoms with Gasteiger partial charge >= 0.3 is 0 Å². The molecule has 0 aliphatic carbocycles. The number of aryl methyl sites for hydroxylation is 1. The monoisotopic (exact) mass is 327 g/mol. The van der Waals surface area contributed by atoms with Crippen LogP contribution in [0.5, 0.6) is 0 Å². The number of aromatic amines is 1. The lowest BCUT2D eigenvalue weighted by atomic mass is 9.94. The molecule has 2 aromatic rings. The topological polar surface area (TPSA) is 73.9 Å². The average Bonchev–Trinajstić information content (AvgIpc) is 3.03. The van der Waals surface area contributed by atoms with E-state index in [0.717, 1.165) is 31.7 Å². The maximum absolute atomic E-state index is 12.0. The van der Waals surface area contributed by atoms with Crippen LogP contribution >= 0.6 is 0 Å². The number of nitrogens with zero attached hydrogens (tertiary/aromatic N) is 3. The van der Waals surface area contributed by atoms with E-state index in [-0.39, 0.29) is 5.91 Å². The molecule has 3 heterocycles. The highest BCUT2D eigenvalue weighted by atomic mass is 16.1. The number of amides is 1. The van der Waals surface area contributed by atoms with Crippen LogP contribution in [-0.2, 0) is 6.54 Å². The van der Waals surface area contributed by atoms with E-state index in [4.69, 9.17) is 0 Å². The van der Waals surface area contributed by atoms with E-state index in [0.29, 0.717) is 18.2 Å². The van der Waals surface area contributed by atoms with Crippen LogP contribution in [0, 0.1) is 12.8 Å². The second-order valence-corrected chi connectivity index (χ2v) is 6.58. The molecule has 1 aliphatic heterocycles. The predicted molar refractivity (Wildman–Crippen MR) is 92.5 cm³/mol. The summed E-state index contributed by atoms with van der Waals surface area (Å²) in [7, 11) is 0. The highest BCUT2D eigenvalue weighted by Gasteiger charge is 2.20. The number of carbonyl (C=O) groups excluding carboxylic acids is 1. The van der Waals surface area contributed by atoms with Gasteiger partial charge in [-0.15, -0.1) is 0 Å². The molecule has 3 rings (SSSR count). The van der Waals surface area contributed by atoms with Crippen LogP contribution in [0.15, 0.2) is 30.6 Å². The summed E-state index contributed by atoms with van der Waals surface area (Å²) in [5.41, 5.74) is 2.68. The summed E-state index contributed by atoms with van der Waals surface area (Å²) in [6.45, 7) is 5.83. The molecule has 1 fully saturated rings. The lowest BCUT2D eigenvalue weighted by Crippen LogP contribution is -2.36. The number of nitrogens with one attached hydrogen (secondary N) is 2. The number of hydrogen-bond donors (Lipinski definition) is 2. The quantitative estimate of drug-likeness (QED) is 0.852. The number of rotatable bonds is 6. The van der Waals surface area contributed by atoms with Gasteiger partial charge in [0.1, 0.15) is 5.69 Å². The molecular weight excluding hydrogens is 302 g/mol. The van der Waals surface area contributed by atoms with Gasteiger partial charge in [0.05, 0.1) is 0 Å². The molecule has 0 bridgehead atoms. The zero-order valence-corrected chi connectivity index (χ0v) is 14.2. The molecule has 6 nitrogen and oxygen atoms in total. The fourth-order valence-corrected chi connectivity index (χ4v) is 3.29. The number of pyridine rings is 1. The van der Waals surface area contributed by atoms with E-state index in [1.165, 1.54) is 18.4 Å². The minimum absolute atomic E-state index is 0.0937. The van der Waals surface area contributed by atoms with Crippen LogP contribution in [0.1, 0.15) is 41.0 Å². The van der Waals surface area contributed by atoms with Gasteiger partial charge in [0.15, 0.2) is 0 Å². The number of piperidine rings is 1. The molecule has 24 heavy (non-hydrogen) atoms. The SMILES string of the molecule is Cc1cc(C(=O)NCCC2CCCN(Cc3ccncc3)C2)n[nH]1. The Morgan fingerprint density at radius 1 is 1.42 bits per heavy atom. The minimum Gasteiger partial charge on any atom is -0.351 e. The van der Waals surface area contributed by atoms with E-state index >= 15 is 0 Å². The zero-order chi connectivity index (χ0) is 16.8. The number of likely N-dealkylation sites (tertiary alicyclic amines) is 1. The van der Waals surface area contributed by atoms with Crippen molar-refractivity contribution in [2.75, 3.05) is 19.6 Å². The van der Waals surface area contributed by atoms with Gasteiger partial charge in [-0.25, -0.2) is 0 Å². The van der Waals surface area contributed by atoms with Gasteiger partial charge in [0.2, 0.25) is 0 Å². The maximum Gasteiger partial charge on any atom is 0.271 e. The molecule has 1 atom stereocenters. The smallest absolute Gasteiger partial charge is 0.271 e. The fourth-order valence-electron chi connectivity index (χ4n) is 3.29. The minimum atomic E-state index is -0.0937. The summed E-state index contributed by atoms with van der Waals surface area (Å²) in [5, 5.41) is 9.76. The molecule has 2 N–H and O–H groups in total. The first-order chi connectivity index (χ1) is 11.7. The lowest BCUT2D eigenvalue weighted by molar-refractivity contribution is 0.0941. The molecule has 6 heteroatoms. The van der Waals surface area contributed by atoms with Crippen molar-refractivity contribution in [1.82, 2.24) is 25.4 Å². The molecule has 1 saturated heterocycles. The Balaban J connectivity index is 1.41. The van der Waals surface area contributed by atoms with E-state index in [9.17, 15) is 4.79 Å². The number of hydrogen-bond acceptors (Lipinski definition) is 4. The predicted octanol–water partition coefficient (Wildman–Crippen LogP) is 2.15. The van der Waals surface area contributed by atoms with Crippen LogP contribution < -0.4 is 5.32 Å². The summed E-state index contributed by atoms with van der Waals surface area (Å²) in [6.07, 6.45) is 7.18. The van der Waals surface area contributed by atoms with Crippen molar-refractivity contribution < 1.29 is 4.79 Å².